The van der Waals surface area contributed by atoms with E-state index in [1.165, 1.54) is 212 Å². The summed E-state index contributed by atoms with van der Waals surface area (Å²) in [6.45, 7) is 6.58. The minimum absolute atomic E-state index is 0.0736. The van der Waals surface area contributed by atoms with Crippen LogP contribution in [0.3, 0.4) is 0 Å². The normalized spacial score (nSPS) is 12.2. The molecule has 0 saturated heterocycles. The maximum Gasteiger partial charge on any atom is 0.306 e. The number of carbonyl (C=O) groups is 3. The molecule has 0 fully saturated rings. The summed E-state index contributed by atoms with van der Waals surface area (Å²) < 4.78 is 16.8. The van der Waals surface area contributed by atoms with Crippen molar-refractivity contribution in [3.63, 3.8) is 0 Å². The minimum Gasteiger partial charge on any atom is -0.462 e. The summed E-state index contributed by atoms with van der Waals surface area (Å²) in [6.07, 6.45) is 73.3. The van der Waals surface area contributed by atoms with Gasteiger partial charge in [-0.3, -0.25) is 14.4 Å². The summed E-state index contributed by atoms with van der Waals surface area (Å²) in [5.41, 5.74) is 0. The molecule has 0 aromatic carbocycles. The van der Waals surface area contributed by atoms with Crippen LogP contribution in [0.4, 0.5) is 0 Å². The summed E-state index contributed by atoms with van der Waals surface area (Å²) >= 11 is 0. The fourth-order valence-corrected chi connectivity index (χ4v) is 9.36. The van der Waals surface area contributed by atoms with Crippen molar-refractivity contribution >= 4 is 17.9 Å². The Bertz CT molecular complexity index is 1190. The largest absolute Gasteiger partial charge is 0.462 e. The van der Waals surface area contributed by atoms with Crippen LogP contribution in [0.25, 0.3) is 0 Å². The van der Waals surface area contributed by atoms with E-state index < -0.39 is 6.10 Å². The summed E-state index contributed by atoms with van der Waals surface area (Å²) in [6, 6.07) is 0. The Balaban J connectivity index is 4.01. The smallest absolute Gasteiger partial charge is 0.306 e. The molecule has 1 unspecified atom stereocenters. The molecule has 6 heteroatoms. The lowest BCUT2D eigenvalue weighted by atomic mass is 10.0. The van der Waals surface area contributed by atoms with Crippen LogP contribution in [0.1, 0.15) is 342 Å². The summed E-state index contributed by atoms with van der Waals surface area (Å²) in [5.74, 6) is -0.874. The lowest BCUT2D eigenvalue weighted by molar-refractivity contribution is -0.167. The molecule has 0 heterocycles. The highest BCUT2D eigenvalue weighted by atomic mass is 16.6. The van der Waals surface area contributed by atoms with Crippen LogP contribution in [0.2, 0.25) is 0 Å². The molecule has 0 spiro atoms. The van der Waals surface area contributed by atoms with Crippen molar-refractivity contribution in [2.45, 2.75) is 348 Å². The first-order valence-electron chi connectivity index (χ1n) is 31.5. The van der Waals surface area contributed by atoms with Crippen LogP contribution in [-0.2, 0) is 28.6 Å². The Morgan fingerprint density at radius 2 is 0.535 bits per heavy atom. The highest BCUT2D eigenvalue weighted by Gasteiger charge is 2.19. The highest BCUT2D eigenvalue weighted by Crippen LogP contribution is 2.17. The number of ether oxygens (including phenoxy) is 3. The van der Waals surface area contributed by atoms with Gasteiger partial charge in [0.25, 0.3) is 0 Å². The van der Waals surface area contributed by atoms with Crippen LogP contribution in [0, 0.1) is 0 Å². The number of carbonyl (C=O) groups excluding carboxylic acids is 3. The zero-order chi connectivity index (χ0) is 51.4. The van der Waals surface area contributed by atoms with E-state index in [9.17, 15) is 14.4 Å². The number of rotatable bonds is 58. The van der Waals surface area contributed by atoms with E-state index >= 15 is 0 Å². The van der Waals surface area contributed by atoms with Crippen molar-refractivity contribution < 1.29 is 28.6 Å². The number of unbranched alkanes of at least 4 members (excludes halogenated alkanes) is 41. The zero-order valence-electron chi connectivity index (χ0n) is 47.8. The number of allylic oxidation sites excluding steroid dienone is 6. The zero-order valence-corrected chi connectivity index (χ0v) is 47.8. The first-order valence-corrected chi connectivity index (χ1v) is 31.5. The van der Waals surface area contributed by atoms with Gasteiger partial charge < -0.3 is 14.2 Å². The van der Waals surface area contributed by atoms with Gasteiger partial charge in [0.2, 0.25) is 0 Å². The van der Waals surface area contributed by atoms with E-state index in [-0.39, 0.29) is 31.1 Å². The maximum atomic E-state index is 12.8. The van der Waals surface area contributed by atoms with Crippen molar-refractivity contribution in [2.75, 3.05) is 13.2 Å². The third-order valence-electron chi connectivity index (χ3n) is 14.1. The molecule has 0 aromatic rings. The molecule has 0 rings (SSSR count). The molecule has 0 aliphatic rings. The van der Waals surface area contributed by atoms with Crippen molar-refractivity contribution in [2.24, 2.45) is 0 Å². The second-order valence-electron chi connectivity index (χ2n) is 21.3. The standard InChI is InChI=1S/C65H120O6/c1-4-7-10-13-16-19-21-23-24-25-26-27-28-29-30-31-32-33-34-35-36-37-38-39-40-42-43-46-49-52-55-58-64(67)70-61-62(60-69-63(66)57-54-51-48-45-18-15-12-9-6-3)71-65(68)59-56-53-50-47-44-41-22-20-17-14-11-8-5-2/h11,14,20,22,25-26,62H,4-10,12-13,15-19,21,23-24,27-61H2,1-3H3/b14-11-,22-20-,26-25-. The fraction of sp³-hybridized carbons (Fsp3) is 0.862. The van der Waals surface area contributed by atoms with Gasteiger partial charge >= 0.3 is 17.9 Å². The molecule has 0 saturated carbocycles. The van der Waals surface area contributed by atoms with Crippen LogP contribution in [0.15, 0.2) is 36.5 Å². The van der Waals surface area contributed by atoms with E-state index in [0.717, 1.165) is 89.9 Å². The molecule has 416 valence electrons. The molecule has 1 atom stereocenters. The molecule has 0 N–H and O–H groups in total. The molecule has 0 amide bonds. The Morgan fingerprint density at radius 3 is 0.845 bits per heavy atom. The van der Waals surface area contributed by atoms with Crippen molar-refractivity contribution in [1.29, 1.82) is 0 Å². The number of hydrogen-bond donors (Lipinski definition) is 0. The maximum absolute atomic E-state index is 12.8. The van der Waals surface area contributed by atoms with Gasteiger partial charge in [0.1, 0.15) is 13.2 Å². The molecule has 6 nitrogen and oxygen atoms in total. The van der Waals surface area contributed by atoms with Crippen molar-refractivity contribution in [1.82, 2.24) is 0 Å². The van der Waals surface area contributed by atoms with E-state index in [0.29, 0.717) is 19.3 Å². The van der Waals surface area contributed by atoms with Crippen LogP contribution in [-0.4, -0.2) is 37.2 Å². The molecule has 0 radical (unpaired) electrons. The summed E-state index contributed by atoms with van der Waals surface area (Å²) in [5, 5.41) is 0. The Kier molecular flexibility index (Phi) is 58.2. The first-order chi connectivity index (χ1) is 35.0. The van der Waals surface area contributed by atoms with Gasteiger partial charge in [-0.15, -0.1) is 0 Å². The van der Waals surface area contributed by atoms with Gasteiger partial charge in [-0.1, -0.05) is 288 Å². The number of esters is 3. The summed E-state index contributed by atoms with van der Waals surface area (Å²) in [4.78, 5) is 38.0. The monoisotopic (exact) mass is 997 g/mol. The molecule has 0 bridgehead atoms. The first kappa shape index (κ1) is 68.6. The topological polar surface area (TPSA) is 78.9 Å². The van der Waals surface area contributed by atoms with Gasteiger partial charge in [-0.25, -0.2) is 0 Å². The molecular weight excluding hydrogens is 877 g/mol. The van der Waals surface area contributed by atoms with E-state index in [2.05, 4.69) is 57.2 Å². The van der Waals surface area contributed by atoms with Gasteiger partial charge in [0, 0.05) is 19.3 Å². The third kappa shape index (κ3) is 58.4. The van der Waals surface area contributed by atoms with Gasteiger partial charge in [-0.2, -0.15) is 0 Å². The van der Waals surface area contributed by atoms with Crippen LogP contribution >= 0.6 is 0 Å². The molecule has 0 aliphatic heterocycles. The van der Waals surface area contributed by atoms with E-state index in [1.807, 2.05) is 0 Å². The molecule has 0 aliphatic carbocycles. The van der Waals surface area contributed by atoms with Crippen LogP contribution < -0.4 is 0 Å². The summed E-state index contributed by atoms with van der Waals surface area (Å²) in [7, 11) is 0. The third-order valence-corrected chi connectivity index (χ3v) is 14.1. The van der Waals surface area contributed by atoms with Crippen LogP contribution in [0.5, 0.6) is 0 Å². The van der Waals surface area contributed by atoms with Crippen molar-refractivity contribution in [3.05, 3.63) is 36.5 Å². The quantitative estimate of drug-likeness (QED) is 0.0261. The van der Waals surface area contributed by atoms with Crippen molar-refractivity contribution in [3.8, 4) is 0 Å². The fourth-order valence-electron chi connectivity index (χ4n) is 9.36. The predicted molar refractivity (Wildman–Crippen MR) is 307 cm³/mol. The van der Waals surface area contributed by atoms with Gasteiger partial charge in [-0.05, 0) is 70.6 Å². The SMILES string of the molecule is CCC/C=C\C/C=C\CCCCCCCC(=O)OC(COC(=O)CCCCCCCCCCC)COC(=O)CCCCCCCCCCCCCCCCCCCCC/C=C\CCCCCCCCCC. The Hall–Kier alpha value is -2.37. The molecule has 71 heavy (non-hydrogen) atoms. The highest BCUT2D eigenvalue weighted by molar-refractivity contribution is 5.71. The van der Waals surface area contributed by atoms with E-state index in [1.54, 1.807) is 0 Å². The Morgan fingerprint density at radius 1 is 0.282 bits per heavy atom. The number of hydrogen-bond acceptors (Lipinski definition) is 6. The minimum atomic E-state index is -0.774. The van der Waals surface area contributed by atoms with Gasteiger partial charge in [0.05, 0.1) is 0 Å². The van der Waals surface area contributed by atoms with E-state index in [4.69, 9.17) is 14.2 Å². The molecule has 0 aromatic heterocycles. The second kappa shape index (κ2) is 60.2. The predicted octanol–water partition coefficient (Wildman–Crippen LogP) is 21.2. The Labute approximate surface area is 442 Å². The lowest BCUT2D eigenvalue weighted by Crippen LogP contribution is -2.30. The second-order valence-corrected chi connectivity index (χ2v) is 21.3. The average Bonchev–Trinajstić information content (AvgIpc) is 3.37. The van der Waals surface area contributed by atoms with Gasteiger partial charge in [0.15, 0.2) is 6.10 Å². The molecular formula is C65H120O6. The average molecular weight is 998 g/mol. The lowest BCUT2D eigenvalue weighted by Gasteiger charge is -2.18.